The van der Waals surface area contributed by atoms with Gasteiger partial charge >= 0.3 is 5.97 Å². The first kappa shape index (κ1) is 15.4. The Bertz CT molecular complexity index is 483. The molecule has 1 fully saturated rings. The van der Waals surface area contributed by atoms with Crippen LogP contribution in [0.1, 0.15) is 12.0 Å². The topological polar surface area (TPSA) is 38.8 Å². The highest BCUT2D eigenvalue weighted by Crippen LogP contribution is 2.19. The molecule has 1 aliphatic heterocycles. The summed E-state index contributed by atoms with van der Waals surface area (Å²) in [5.41, 5.74) is 0.637. The Kier molecular flexibility index (Phi) is 5.51. The molecule has 1 aromatic rings. The third kappa shape index (κ3) is 4.26. The maximum absolute atomic E-state index is 13.7. The van der Waals surface area contributed by atoms with Crippen LogP contribution in [0.5, 0.6) is 0 Å². The molecule has 1 unspecified atom stereocenters. The first-order valence-electron chi connectivity index (χ1n) is 6.43. The summed E-state index contributed by atoms with van der Waals surface area (Å²) in [7, 11) is 1.36. The lowest BCUT2D eigenvalue weighted by molar-refractivity contribution is -0.145. The number of rotatable bonds is 4. The fourth-order valence-corrected chi connectivity index (χ4v) is 2.63. The van der Waals surface area contributed by atoms with Crippen molar-refractivity contribution in [3.63, 3.8) is 0 Å². The molecule has 6 heteroatoms. The quantitative estimate of drug-likeness (QED) is 0.785. The lowest BCUT2D eigenvalue weighted by Crippen LogP contribution is -2.43. The number of halogens is 2. The molecule has 1 saturated heterocycles. The van der Waals surface area contributed by atoms with Crippen molar-refractivity contribution in [2.75, 3.05) is 26.8 Å². The lowest BCUT2D eigenvalue weighted by Gasteiger charge is -2.32. The fourth-order valence-electron chi connectivity index (χ4n) is 2.22. The minimum absolute atomic E-state index is 0.189. The molecule has 20 heavy (non-hydrogen) atoms. The SMILES string of the molecule is COC(=O)CC1CN(Cc2cc(Br)ccc2F)CCO1. The smallest absolute Gasteiger partial charge is 0.308 e. The highest BCUT2D eigenvalue weighted by atomic mass is 79.9. The van der Waals surface area contributed by atoms with E-state index >= 15 is 0 Å². The van der Waals surface area contributed by atoms with E-state index in [-0.39, 0.29) is 24.3 Å². The van der Waals surface area contributed by atoms with Crippen molar-refractivity contribution in [3.8, 4) is 0 Å². The maximum atomic E-state index is 13.7. The van der Waals surface area contributed by atoms with Crippen LogP contribution in [-0.4, -0.2) is 43.8 Å². The zero-order valence-corrected chi connectivity index (χ0v) is 12.9. The number of carbonyl (C=O) groups excluding carboxylic acids is 1. The zero-order valence-electron chi connectivity index (χ0n) is 11.3. The van der Waals surface area contributed by atoms with Crippen molar-refractivity contribution in [2.24, 2.45) is 0 Å². The molecule has 4 nitrogen and oxygen atoms in total. The van der Waals surface area contributed by atoms with Crippen molar-refractivity contribution in [1.82, 2.24) is 4.90 Å². The van der Waals surface area contributed by atoms with Gasteiger partial charge in [0.25, 0.3) is 0 Å². The molecule has 1 heterocycles. The average molecular weight is 346 g/mol. The van der Waals surface area contributed by atoms with Gasteiger partial charge in [-0.2, -0.15) is 0 Å². The Morgan fingerprint density at radius 3 is 3.15 bits per heavy atom. The van der Waals surface area contributed by atoms with Crippen LogP contribution in [0.3, 0.4) is 0 Å². The Labute approximate surface area is 126 Å². The van der Waals surface area contributed by atoms with Crippen LogP contribution in [0.4, 0.5) is 4.39 Å². The molecule has 0 N–H and O–H groups in total. The number of methoxy groups -OCH3 is 1. The summed E-state index contributed by atoms with van der Waals surface area (Å²) in [5.74, 6) is -0.505. The van der Waals surface area contributed by atoms with Crippen molar-refractivity contribution in [1.29, 1.82) is 0 Å². The summed E-state index contributed by atoms with van der Waals surface area (Å²) in [6.07, 6.45) is 0.0416. The highest BCUT2D eigenvalue weighted by Gasteiger charge is 2.23. The van der Waals surface area contributed by atoms with Gasteiger partial charge in [-0.15, -0.1) is 0 Å². The molecule has 0 spiro atoms. The number of carbonyl (C=O) groups is 1. The molecule has 0 aromatic heterocycles. The molecule has 0 amide bonds. The molecule has 0 aliphatic carbocycles. The van der Waals surface area contributed by atoms with Gasteiger partial charge in [-0.3, -0.25) is 9.69 Å². The van der Waals surface area contributed by atoms with E-state index in [4.69, 9.17) is 4.74 Å². The predicted octanol–water partition coefficient (Wildman–Crippen LogP) is 2.35. The van der Waals surface area contributed by atoms with Crippen LogP contribution in [-0.2, 0) is 20.8 Å². The molecule has 2 rings (SSSR count). The number of ether oxygens (including phenoxy) is 2. The third-order valence-corrected chi connectivity index (χ3v) is 3.74. The van der Waals surface area contributed by atoms with Gasteiger partial charge in [0, 0.05) is 29.7 Å². The van der Waals surface area contributed by atoms with Gasteiger partial charge in [0.1, 0.15) is 5.82 Å². The standard InChI is InChI=1S/C14H17BrFNO3/c1-19-14(18)7-12-9-17(4-5-20-12)8-10-6-11(15)2-3-13(10)16/h2-3,6,12H,4-5,7-9H2,1H3. The minimum atomic E-state index is -0.287. The highest BCUT2D eigenvalue weighted by molar-refractivity contribution is 9.10. The van der Waals surface area contributed by atoms with Gasteiger partial charge in [0.2, 0.25) is 0 Å². The summed E-state index contributed by atoms with van der Waals surface area (Å²) in [4.78, 5) is 13.3. The molecular formula is C14H17BrFNO3. The van der Waals surface area contributed by atoms with Gasteiger partial charge in [-0.05, 0) is 18.2 Å². The number of hydrogen-bond acceptors (Lipinski definition) is 4. The summed E-state index contributed by atoms with van der Waals surface area (Å²) in [6, 6.07) is 4.91. The molecular weight excluding hydrogens is 329 g/mol. The Balaban J connectivity index is 1.95. The molecule has 0 bridgehead atoms. The summed E-state index contributed by atoms with van der Waals surface area (Å²) >= 11 is 3.34. The van der Waals surface area contributed by atoms with Crippen molar-refractivity contribution < 1.29 is 18.7 Å². The van der Waals surface area contributed by atoms with Crippen LogP contribution >= 0.6 is 15.9 Å². The van der Waals surface area contributed by atoms with E-state index in [0.717, 1.165) is 11.0 Å². The second-order valence-corrected chi connectivity index (χ2v) is 5.66. The third-order valence-electron chi connectivity index (χ3n) is 3.25. The Hall–Kier alpha value is -0.980. The number of morpholine rings is 1. The number of esters is 1. The summed E-state index contributed by atoms with van der Waals surface area (Å²) in [6.45, 7) is 2.37. The monoisotopic (exact) mass is 345 g/mol. The van der Waals surface area contributed by atoms with Crippen LogP contribution in [0.2, 0.25) is 0 Å². The van der Waals surface area contributed by atoms with Crippen molar-refractivity contribution >= 4 is 21.9 Å². The average Bonchev–Trinajstić information content (AvgIpc) is 2.43. The van der Waals surface area contributed by atoms with E-state index in [0.29, 0.717) is 25.3 Å². The second-order valence-electron chi connectivity index (χ2n) is 4.74. The Morgan fingerprint density at radius 2 is 2.40 bits per heavy atom. The van der Waals surface area contributed by atoms with E-state index in [1.807, 2.05) is 0 Å². The van der Waals surface area contributed by atoms with Crippen molar-refractivity contribution in [3.05, 3.63) is 34.1 Å². The fraction of sp³-hybridized carbons (Fsp3) is 0.500. The van der Waals surface area contributed by atoms with Gasteiger partial charge in [0.05, 0.1) is 26.2 Å². The van der Waals surface area contributed by atoms with E-state index in [2.05, 4.69) is 25.6 Å². The first-order chi connectivity index (χ1) is 9.58. The molecule has 1 atom stereocenters. The van der Waals surface area contributed by atoms with Crippen LogP contribution in [0.25, 0.3) is 0 Å². The normalized spacial score (nSPS) is 19.9. The largest absolute Gasteiger partial charge is 0.469 e. The Morgan fingerprint density at radius 1 is 1.60 bits per heavy atom. The molecule has 110 valence electrons. The summed E-state index contributed by atoms with van der Waals surface area (Å²) in [5, 5.41) is 0. The second kappa shape index (κ2) is 7.15. The van der Waals surface area contributed by atoms with E-state index in [9.17, 15) is 9.18 Å². The molecule has 0 saturated carbocycles. The first-order valence-corrected chi connectivity index (χ1v) is 7.22. The zero-order chi connectivity index (χ0) is 14.5. The minimum Gasteiger partial charge on any atom is -0.469 e. The van der Waals surface area contributed by atoms with Crippen LogP contribution in [0.15, 0.2) is 22.7 Å². The maximum Gasteiger partial charge on any atom is 0.308 e. The summed E-state index contributed by atoms with van der Waals surface area (Å²) < 4.78 is 24.8. The van der Waals surface area contributed by atoms with Crippen LogP contribution in [0, 0.1) is 5.82 Å². The van der Waals surface area contributed by atoms with Gasteiger partial charge in [0.15, 0.2) is 0 Å². The van der Waals surface area contributed by atoms with E-state index in [1.54, 1.807) is 12.1 Å². The molecule has 1 aromatic carbocycles. The number of benzene rings is 1. The van der Waals surface area contributed by atoms with Crippen LogP contribution < -0.4 is 0 Å². The predicted molar refractivity (Wildman–Crippen MR) is 75.8 cm³/mol. The number of hydrogen-bond donors (Lipinski definition) is 0. The molecule has 1 aliphatic rings. The molecule has 0 radical (unpaired) electrons. The number of nitrogens with zero attached hydrogens (tertiary/aromatic N) is 1. The van der Waals surface area contributed by atoms with Gasteiger partial charge in [-0.25, -0.2) is 4.39 Å². The van der Waals surface area contributed by atoms with Gasteiger partial charge < -0.3 is 9.47 Å². The van der Waals surface area contributed by atoms with E-state index in [1.165, 1.54) is 13.2 Å². The van der Waals surface area contributed by atoms with E-state index < -0.39 is 0 Å². The van der Waals surface area contributed by atoms with Crippen molar-refractivity contribution in [2.45, 2.75) is 19.1 Å². The lowest BCUT2D eigenvalue weighted by atomic mass is 10.1. The van der Waals surface area contributed by atoms with Gasteiger partial charge in [-0.1, -0.05) is 15.9 Å².